The van der Waals surface area contributed by atoms with Crippen LogP contribution in [-0.4, -0.2) is 52.5 Å². The Bertz CT molecular complexity index is 789. The van der Waals surface area contributed by atoms with Crippen LogP contribution in [0.4, 0.5) is 0 Å². The molecule has 25 heavy (non-hydrogen) atoms. The molecule has 0 saturated carbocycles. The standard InChI is InChI=1S/C14H25N3O5S3/c1-2-16-12-10-17(7-5-3-4-6-8-18)25(21,22)14-11(12)9-13(23-14)24(15,19)20/h9,12,16,18H,2-8,10H2,1H3,(H2,15,19,20)/t12-/m0/s1. The number of nitrogens with zero attached hydrogens (tertiary/aromatic N) is 1. The minimum Gasteiger partial charge on any atom is -0.396 e. The number of fused-ring (bicyclic) bond motifs is 1. The van der Waals surface area contributed by atoms with Crippen LogP contribution in [0.25, 0.3) is 0 Å². The molecule has 1 atom stereocenters. The van der Waals surface area contributed by atoms with Gasteiger partial charge in [-0.15, -0.1) is 11.3 Å². The fourth-order valence-electron chi connectivity index (χ4n) is 2.85. The normalized spacial score (nSPS) is 20.5. The van der Waals surface area contributed by atoms with E-state index >= 15 is 0 Å². The van der Waals surface area contributed by atoms with Crippen molar-refractivity contribution in [3.63, 3.8) is 0 Å². The van der Waals surface area contributed by atoms with Crippen LogP contribution in [0.15, 0.2) is 14.5 Å². The summed E-state index contributed by atoms with van der Waals surface area (Å²) in [4.78, 5) is 0. The molecular formula is C14H25N3O5S3. The minimum absolute atomic E-state index is 0.0593. The molecule has 1 aromatic rings. The molecular weight excluding hydrogens is 386 g/mol. The summed E-state index contributed by atoms with van der Waals surface area (Å²) in [5.74, 6) is 0. The molecule has 0 unspecified atom stereocenters. The number of hydrogen-bond acceptors (Lipinski definition) is 7. The lowest BCUT2D eigenvalue weighted by Crippen LogP contribution is -2.43. The predicted octanol–water partition coefficient (Wildman–Crippen LogP) is 0.603. The number of unbranched alkanes of at least 4 members (excludes halogenated alkanes) is 3. The first-order valence-corrected chi connectivity index (χ1v) is 12.0. The summed E-state index contributed by atoms with van der Waals surface area (Å²) in [5, 5.41) is 17.2. The summed E-state index contributed by atoms with van der Waals surface area (Å²) in [6.45, 7) is 3.32. The molecule has 0 aliphatic carbocycles. The second-order valence-corrected chi connectivity index (χ2v) is 10.9. The van der Waals surface area contributed by atoms with Gasteiger partial charge in [-0.3, -0.25) is 0 Å². The van der Waals surface area contributed by atoms with E-state index < -0.39 is 20.0 Å². The Balaban J connectivity index is 2.27. The van der Waals surface area contributed by atoms with Crippen LogP contribution in [0.5, 0.6) is 0 Å². The Hall–Kier alpha value is -0.560. The Morgan fingerprint density at radius 3 is 2.64 bits per heavy atom. The zero-order valence-electron chi connectivity index (χ0n) is 14.1. The van der Waals surface area contributed by atoms with E-state index in [4.69, 9.17) is 10.2 Å². The molecule has 0 fully saturated rings. The summed E-state index contributed by atoms with van der Waals surface area (Å²) < 4.78 is 50.3. The number of thiophene rings is 1. The Labute approximate surface area is 153 Å². The number of likely N-dealkylation sites (N-methyl/N-ethyl adjacent to an activating group) is 1. The molecule has 2 rings (SSSR count). The van der Waals surface area contributed by atoms with E-state index in [1.54, 1.807) is 0 Å². The smallest absolute Gasteiger partial charge is 0.252 e. The lowest BCUT2D eigenvalue weighted by molar-refractivity contribution is 0.280. The number of rotatable bonds is 9. The lowest BCUT2D eigenvalue weighted by Gasteiger charge is -2.32. The molecule has 0 saturated heterocycles. The second-order valence-electron chi connectivity index (χ2n) is 5.96. The van der Waals surface area contributed by atoms with Crippen LogP contribution in [0.1, 0.15) is 44.2 Å². The average Bonchev–Trinajstić information content (AvgIpc) is 2.98. The van der Waals surface area contributed by atoms with Crippen molar-refractivity contribution in [1.82, 2.24) is 9.62 Å². The van der Waals surface area contributed by atoms with Gasteiger partial charge in [0.25, 0.3) is 10.0 Å². The van der Waals surface area contributed by atoms with Gasteiger partial charge in [-0.25, -0.2) is 22.0 Å². The number of aliphatic hydroxyl groups is 1. The van der Waals surface area contributed by atoms with Gasteiger partial charge in [0.2, 0.25) is 10.0 Å². The van der Waals surface area contributed by atoms with Crippen molar-refractivity contribution >= 4 is 31.4 Å². The average molecular weight is 412 g/mol. The van der Waals surface area contributed by atoms with Gasteiger partial charge >= 0.3 is 0 Å². The second kappa shape index (κ2) is 8.42. The largest absolute Gasteiger partial charge is 0.396 e. The van der Waals surface area contributed by atoms with Crippen LogP contribution in [-0.2, 0) is 20.0 Å². The molecule has 11 heteroatoms. The molecule has 8 nitrogen and oxygen atoms in total. The third kappa shape index (κ3) is 4.79. The molecule has 1 aliphatic rings. The van der Waals surface area contributed by atoms with Crippen LogP contribution in [0.2, 0.25) is 0 Å². The quantitative estimate of drug-likeness (QED) is 0.510. The highest BCUT2D eigenvalue weighted by molar-refractivity contribution is 7.94. The maximum Gasteiger partial charge on any atom is 0.252 e. The number of sulfonamides is 2. The highest BCUT2D eigenvalue weighted by atomic mass is 32.3. The number of nitrogens with one attached hydrogen (secondary N) is 1. The summed E-state index contributed by atoms with van der Waals surface area (Å²) in [6, 6.07) is 1.12. The molecule has 2 heterocycles. The maximum atomic E-state index is 12.8. The van der Waals surface area contributed by atoms with E-state index in [-0.39, 0.29) is 27.6 Å². The lowest BCUT2D eigenvalue weighted by atomic mass is 10.1. The van der Waals surface area contributed by atoms with Crippen LogP contribution in [0.3, 0.4) is 0 Å². The topological polar surface area (TPSA) is 130 Å². The number of hydrogen-bond donors (Lipinski definition) is 3. The summed E-state index contributed by atoms with van der Waals surface area (Å²) in [5.41, 5.74) is 0.479. The maximum absolute atomic E-state index is 12.8. The Morgan fingerprint density at radius 2 is 2.04 bits per heavy atom. The Kier molecular flexibility index (Phi) is 6.99. The van der Waals surface area contributed by atoms with Gasteiger partial charge in [-0.2, -0.15) is 4.31 Å². The van der Waals surface area contributed by atoms with Crippen molar-refractivity contribution in [3.8, 4) is 0 Å². The molecule has 1 aliphatic heterocycles. The van der Waals surface area contributed by atoms with E-state index in [1.165, 1.54) is 10.4 Å². The van der Waals surface area contributed by atoms with Gasteiger partial charge in [0.1, 0.15) is 8.42 Å². The monoisotopic (exact) mass is 411 g/mol. The molecule has 0 spiro atoms. The fraction of sp³-hybridized carbons (Fsp3) is 0.714. The number of primary sulfonamides is 1. The van der Waals surface area contributed by atoms with Crippen molar-refractivity contribution in [2.75, 3.05) is 26.2 Å². The predicted molar refractivity (Wildman–Crippen MR) is 96.4 cm³/mol. The first kappa shape index (κ1) is 20.7. The molecule has 0 radical (unpaired) electrons. The van der Waals surface area contributed by atoms with Gasteiger partial charge in [0, 0.05) is 31.3 Å². The van der Waals surface area contributed by atoms with E-state index in [2.05, 4.69) is 5.32 Å². The SMILES string of the molecule is CCN[C@H]1CN(CCCCCCO)S(=O)(=O)c2sc(S(N)(=O)=O)cc21. The van der Waals surface area contributed by atoms with E-state index in [0.717, 1.165) is 12.8 Å². The fourth-order valence-corrected chi connectivity index (χ4v) is 7.16. The van der Waals surface area contributed by atoms with Crippen molar-refractivity contribution in [2.24, 2.45) is 5.14 Å². The minimum atomic E-state index is -3.95. The van der Waals surface area contributed by atoms with Crippen molar-refractivity contribution < 1.29 is 21.9 Å². The van der Waals surface area contributed by atoms with Crippen LogP contribution in [0, 0.1) is 0 Å². The van der Waals surface area contributed by atoms with E-state index in [1.807, 2.05) is 6.92 Å². The molecule has 0 bridgehead atoms. The zero-order chi connectivity index (χ0) is 18.7. The van der Waals surface area contributed by atoms with Gasteiger partial charge in [-0.05, 0) is 25.5 Å². The summed E-state index contributed by atoms with van der Waals surface area (Å²) in [6.07, 6.45) is 3.08. The van der Waals surface area contributed by atoms with Gasteiger partial charge < -0.3 is 10.4 Å². The first-order valence-electron chi connectivity index (χ1n) is 8.22. The number of aliphatic hydroxyl groups excluding tert-OH is 1. The molecule has 144 valence electrons. The molecule has 1 aromatic heterocycles. The first-order chi connectivity index (χ1) is 11.7. The third-order valence-electron chi connectivity index (χ3n) is 4.08. The van der Waals surface area contributed by atoms with Crippen LogP contribution < -0.4 is 10.5 Å². The van der Waals surface area contributed by atoms with Gasteiger partial charge in [-0.1, -0.05) is 19.8 Å². The summed E-state index contributed by atoms with van der Waals surface area (Å²) in [7, 11) is -7.67. The van der Waals surface area contributed by atoms with Crippen molar-refractivity contribution in [3.05, 3.63) is 11.6 Å². The van der Waals surface area contributed by atoms with Gasteiger partial charge in [0.05, 0.1) is 0 Å². The van der Waals surface area contributed by atoms with E-state index in [9.17, 15) is 16.8 Å². The van der Waals surface area contributed by atoms with Crippen molar-refractivity contribution in [1.29, 1.82) is 0 Å². The molecule has 0 aromatic carbocycles. The molecule has 0 amide bonds. The summed E-state index contributed by atoms with van der Waals surface area (Å²) >= 11 is 0.714. The number of nitrogens with two attached hydrogens (primary N) is 1. The zero-order valence-corrected chi connectivity index (χ0v) is 16.6. The Morgan fingerprint density at radius 1 is 1.36 bits per heavy atom. The highest BCUT2D eigenvalue weighted by Gasteiger charge is 2.39. The molecule has 4 N–H and O–H groups in total. The van der Waals surface area contributed by atoms with Gasteiger partial charge in [0.15, 0.2) is 0 Å². The highest BCUT2D eigenvalue weighted by Crippen LogP contribution is 2.39. The van der Waals surface area contributed by atoms with E-state index in [0.29, 0.717) is 42.8 Å². The van der Waals surface area contributed by atoms with Crippen molar-refractivity contribution in [2.45, 2.75) is 47.1 Å². The third-order valence-corrected chi connectivity index (χ3v) is 9.05. The van der Waals surface area contributed by atoms with Crippen LogP contribution >= 0.6 is 11.3 Å².